The number of carbonyl (C=O) groups excluding carboxylic acids is 1. The molecule has 0 bridgehead atoms. The molecule has 0 unspecified atom stereocenters. The van der Waals surface area contributed by atoms with Crippen molar-refractivity contribution in [2.24, 2.45) is 5.11 Å². The number of nitrogens with zero attached hydrogens (tertiary/aromatic N) is 3. The highest BCUT2D eigenvalue weighted by Crippen LogP contribution is 2.44. The van der Waals surface area contributed by atoms with Crippen LogP contribution in [0.25, 0.3) is 10.4 Å². The lowest BCUT2D eigenvalue weighted by Crippen LogP contribution is -2.62. The third-order valence-electron chi connectivity index (χ3n) is 8.72. The van der Waals surface area contributed by atoms with Crippen molar-refractivity contribution in [2.45, 2.75) is 113 Å². The van der Waals surface area contributed by atoms with E-state index in [2.05, 4.69) is 14.2 Å². The largest absolute Gasteiger partial charge is 0.455 e. The number of ether oxygens (including phenoxy) is 9. The van der Waals surface area contributed by atoms with E-state index >= 15 is 0 Å². The molecule has 0 N–H and O–H groups in total. The Balaban J connectivity index is 1.31. The summed E-state index contributed by atoms with van der Waals surface area (Å²) >= 11 is 0. The van der Waals surface area contributed by atoms with Gasteiger partial charge in [-0.3, -0.25) is 0 Å². The first-order valence-electron chi connectivity index (χ1n) is 17.1. The van der Waals surface area contributed by atoms with Gasteiger partial charge >= 0.3 is 22.5 Å². The minimum Gasteiger partial charge on any atom is -0.455 e. The van der Waals surface area contributed by atoms with Crippen molar-refractivity contribution < 1.29 is 77.4 Å². The van der Waals surface area contributed by atoms with Gasteiger partial charge in [0.1, 0.15) is 48.8 Å². The summed E-state index contributed by atoms with van der Waals surface area (Å²) in [6, 6.07) is 14.5. The first kappa shape index (κ1) is 41.2. The average molecular weight is 804 g/mol. The smallest absolute Gasteiger partial charge is 0.413 e. The second-order valence-corrected chi connectivity index (χ2v) is 15.1. The monoisotopic (exact) mass is 803 g/mol. The Bertz CT molecular complexity index is 1780. The maximum atomic E-state index is 13.5. The van der Waals surface area contributed by atoms with Crippen LogP contribution in [0.15, 0.2) is 65.8 Å². The molecule has 0 aromatic heterocycles. The predicted molar refractivity (Wildman–Crippen MR) is 178 cm³/mol. The van der Waals surface area contributed by atoms with Gasteiger partial charge in [-0.25, -0.2) is 13.2 Å². The second-order valence-electron chi connectivity index (χ2n) is 13.9. The summed E-state index contributed by atoms with van der Waals surface area (Å²) in [5.74, 6) is -3.11. The summed E-state index contributed by atoms with van der Waals surface area (Å²) in [7, 11) is -5.48. The molecule has 2 aromatic rings. The Kier molecular flexibility index (Phi) is 12.4. The quantitative estimate of drug-likeness (QED) is 0.112. The molecule has 4 fully saturated rings. The number of hydrogen-bond acceptors (Lipinski definition) is 15. The molecule has 0 amide bonds. The summed E-state index contributed by atoms with van der Waals surface area (Å²) < 4.78 is 128. The van der Waals surface area contributed by atoms with Gasteiger partial charge in [0.25, 0.3) is 0 Å². The number of halogens is 3. The minimum atomic E-state index is -5.48. The van der Waals surface area contributed by atoms with Gasteiger partial charge in [-0.2, -0.15) is 21.6 Å². The van der Waals surface area contributed by atoms with E-state index in [0.29, 0.717) is 5.56 Å². The number of rotatable bonds is 14. The van der Waals surface area contributed by atoms with E-state index in [9.17, 15) is 31.9 Å². The number of fused-ring (bicyclic) bond motifs is 3. The lowest BCUT2D eigenvalue weighted by Gasteiger charge is -2.44. The maximum Gasteiger partial charge on any atom is 0.413 e. The van der Waals surface area contributed by atoms with E-state index in [1.807, 2.05) is 0 Å². The van der Waals surface area contributed by atoms with Crippen molar-refractivity contribution in [2.75, 3.05) is 19.8 Å². The van der Waals surface area contributed by atoms with Gasteiger partial charge in [0.2, 0.25) is 0 Å². The Morgan fingerprint density at radius 2 is 1.49 bits per heavy atom. The number of alkyl halides is 3. The van der Waals surface area contributed by atoms with Crippen LogP contribution in [-0.2, 0) is 68.0 Å². The van der Waals surface area contributed by atoms with Crippen LogP contribution in [0, 0.1) is 0 Å². The molecule has 4 aliphatic heterocycles. The molecule has 10 atom stereocenters. The minimum absolute atomic E-state index is 0.00291. The number of azide groups is 1. The predicted octanol–water partition coefficient (Wildman–Crippen LogP) is 4.45. The first-order valence-corrected chi connectivity index (χ1v) is 18.5. The van der Waals surface area contributed by atoms with Crippen LogP contribution >= 0.6 is 0 Å². The molecule has 2 aromatic carbocycles. The summed E-state index contributed by atoms with van der Waals surface area (Å²) in [6.45, 7) is 3.75. The molecule has 0 saturated carbocycles. The van der Waals surface area contributed by atoms with Crippen molar-refractivity contribution in [3.8, 4) is 0 Å². The van der Waals surface area contributed by atoms with Gasteiger partial charge in [-0.05, 0) is 50.9 Å². The van der Waals surface area contributed by atoms with Crippen molar-refractivity contribution in [3.05, 3.63) is 82.2 Å². The molecule has 6 rings (SSSR count). The average Bonchev–Trinajstić information content (AvgIpc) is 3.62. The van der Waals surface area contributed by atoms with Gasteiger partial charge in [0.15, 0.2) is 30.8 Å². The van der Waals surface area contributed by atoms with E-state index in [0.717, 1.165) is 0 Å². The molecule has 4 aliphatic rings. The van der Waals surface area contributed by atoms with Crippen molar-refractivity contribution in [1.29, 1.82) is 0 Å². The van der Waals surface area contributed by atoms with Gasteiger partial charge in [-0.15, -0.1) is 0 Å². The zero-order chi connectivity index (χ0) is 39.6. The third kappa shape index (κ3) is 10.5. The molecule has 302 valence electrons. The van der Waals surface area contributed by atoms with Crippen LogP contribution in [-0.4, -0.2) is 113 Å². The fourth-order valence-electron chi connectivity index (χ4n) is 6.55. The van der Waals surface area contributed by atoms with Crippen LogP contribution < -0.4 is 0 Å². The van der Waals surface area contributed by atoms with E-state index in [1.54, 1.807) is 64.1 Å². The Hall–Kier alpha value is -3.44. The molecular weight excluding hydrogens is 763 g/mol. The molecule has 4 heterocycles. The zero-order valence-electron chi connectivity index (χ0n) is 30.0. The van der Waals surface area contributed by atoms with Gasteiger partial charge < -0.3 is 42.6 Å². The lowest BCUT2D eigenvalue weighted by molar-refractivity contribution is -0.289. The van der Waals surface area contributed by atoms with Gasteiger partial charge in [0.05, 0.1) is 25.4 Å². The molecule has 55 heavy (non-hydrogen) atoms. The fourth-order valence-corrected chi connectivity index (χ4v) is 7.39. The number of esters is 1. The van der Waals surface area contributed by atoms with E-state index in [-0.39, 0.29) is 18.8 Å². The van der Waals surface area contributed by atoms with Crippen molar-refractivity contribution in [1.82, 2.24) is 0 Å². The highest BCUT2D eigenvalue weighted by Gasteiger charge is 2.61. The summed E-state index contributed by atoms with van der Waals surface area (Å²) in [4.78, 5) is 16.3. The summed E-state index contributed by atoms with van der Waals surface area (Å²) in [5, 5.41) is 3.72. The third-order valence-corrected chi connectivity index (χ3v) is 9.58. The molecule has 0 radical (unpaired) electrons. The highest BCUT2D eigenvalue weighted by molar-refractivity contribution is 7.81. The van der Waals surface area contributed by atoms with Crippen molar-refractivity contribution >= 4 is 16.4 Å². The van der Waals surface area contributed by atoms with Crippen LogP contribution in [0.2, 0.25) is 0 Å². The highest BCUT2D eigenvalue weighted by atomic mass is 32.3. The molecule has 21 heteroatoms. The molecule has 0 spiro atoms. The van der Waals surface area contributed by atoms with E-state index in [1.165, 1.54) is 24.3 Å². The second kappa shape index (κ2) is 16.6. The SMILES string of the molecule is CC1(C)O[C@H]2[C@@H](O1)[C@@H](CO[C@@H]1O[C@H](COCc3ccccc3)[C@H](OS(=O)(=O)OCC(F)(F)F)[C@H](OC(=O)c3ccccc3)[C@H]1N=[N+]=[N-])O[C@@H]1OC(C)(C)O[C@@H]12. The van der Waals surface area contributed by atoms with Crippen LogP contribution in [0.4, 0.5) is 13.2 Å². The lowest BCUT2D eigenvalue weighted by atomic mass is 9.96. The van der Waals surface area contributed by atoms with E-state index in [4.69, 9.17) is 46.8 Å². The van der Waals surface area contributed by atoms with E-state index < -0.39 is 109 Å². The molecule has 17 nitrogen and oxygen atoms in total. The van der Waals surface area contributed by atoms with Crippen LogP contribution in [0.1, 0.15) is 43.6 Å². The molecule has 4 saturated heterocycles. The number of carbonyl (C=O) groups is 1. The normalized spacial score (nSPS) is 32.6. The Labute approximate surface area is 314 Å². The topological polar surface area (TPSA) is 202 Å². The van der Waals surface area contributed by atoms with Crippen molar-refractivity contribution in [3.63, 3.8) is 0 Å². The first-order chi connectivity index (χ1) is 25.9. The summed E-state index contributed by atoms with van der Waals surface area (Å²) in [5.41, 5.74) is 10.4. The zero-order valence-corrected chi connectivity index (χ0v) is 30.8. The van der Waals surface area contributed by atoms with Crippen LogP contribution in [0.3, 0.4) is 0 Å². The summed E-state index contributed by atoms with van der Waals surface area (Å²) in [6.07, 6.45) is -16.0. The molecule has 0 aliphatic carbocycles. The van der Waals surface area contributed by atoms with Gasteiger partial charge in [-0.1, -0.05) is 53.6 Å². The number of hydrogen-bond donors (Lipinski definition) is 0. The van der Waals surface area contributed by atoms with Gasteiger partial charge in [0, 0.05) is 4.91 Å². The van der Waals surface area contributed by atoms with Crippen LogP contribution in [0.5, 0.6) is 0 Å². The fraction of sp³-hybridized carbons (Fsp3) is 0.618. The number of benzene rings is 2. The Morgan fingerprint density at radius 1 is 0.855 bits per heavy atom. The Morgan fingerprint density at radius 3 is 2.16 bits per heavy atom. The molecular formula is C34H40F3N3O14S. The maximum absolute atomic E-state index is 13.5. The standard InChI is InChI=1S/C34H40F3N3O14S/c1-32(2)50-24-22(48-31-28(27(24)51-32)52-33(3,4)53-31)17-45-30-23(39-40-38)26(49-29(41)20-13-9-6-10-14-20)25(54-55(42,43)46-18-34(35,36)37)21(47-30)16-44-15-19-11-7-5-8-12-19/h5-14,21-28,30-31H,15-18H2,1-4H3/t21-,22-,23-,24+,25+,26-,27+,28-,30-,31-/m1/s1.